The van der Waals surface area contributed by atoms with Crippen LogP contribution in [0.25, 0.3) is 0 Å². The van der Waals surface area contributed by atoms with Gasteiger partial charge in [0, 0.05) is 16.7 Å². The van der Waals surface area contributed by atoms with Crippen molar-refractivity contribution >= 4 is 72.3 Å². The average Bonchev–Trinajstić information content (AvgIpc) is 3.12. The van der Waals surface area contributed by atoms with Crippen LogP contribution >= 0.6 is 43.2 Å². The van der Waals surface area contributed by atoms with Crippen LogP contribution in [0.4, 0.5) is 11.4 Å². The molecule has 2 aromatic rings. The Morgan fingerprint density at radius 1 is 1.17 bits per heavy atom. The van der Waals surface area contributed by atoms with Crippen LogP contribution in [0.5, 0.6) is 0 Å². The third-order valence-corrected chi connectivity index (χ3v) is 7.53. The van der Waals surface area contributed by atoms with Gasteiger partial charge in [0.2, 0.25) is 5.91 Å². The fourth-order valence-corrected chi connectivity index (χ4v) is 5.36. The van der Waals surface area contributed by atoms with Gasteiger partial charge in [0.15, 0.2) is 0 Å². The van der Waals surface area contributed by atoms with Crippen molar-refractivity contribution in [1.82, 2.24) is 5.32 Å². The summed E-state index contributed by atoms with van der Waals surface area (Å²) in [6.45, 7) is 1.03. The largest absolute Gasteiger partial charge is 0.370 e. The maximum absolute atomic E-state index is 13.0. The molecular formula is C20H19Br2N3O4S. The number of ether oxygens (including phenoxy) is 1. The smallest absolute Gasteiger partial charge is 0.262 e. The number of morpholine rings is 1. The fraction of sp³-hybridized carbons (Fsp3) is 0.350. The van der Waals surface area contributed by atoms with Crippen molar-refractivity contribution in [2.45, 2.75) is 24.8 Å². The molecule has 0 spiro atoms. The summed E-state index contributed by atoms with van der Waals surface area (Å²) in [7, 11) is 0. The zero-order valence-electron chi connectivity index (χ0n) is 15.9. The Balaban J connectivity index is 1.46. The van der Waals surface area contributed by atoms with E-state index in [2.05, 4.69) is 42.5 Å². The first-order valence-corrected chi connectivity index (χ1v) is 11.9. The standard InChI is InChI=1S/C20H19Br2N3O4S/c21-13-10-12(2-3-14(13)25-8-9-29-11-17(25)26)23-19(28)20(6-1-7-20)24-18(27)15-4-5-16(22)30-15/h2-5,10H,1,6-9,11H2,(H,23,28)(H,24,27). The first-order valence-electron chi connectivity index (χ1n) is 9.45. The summed E-state index contributed by atoms with van der Waals surface area (Å²) in [5.74, 6) is -0.585. The van der Waals surface area contributed by atoms with Gasteiger partial charge in [-0.3, -0.25) is 14.4 Å². The second kappa shape index (κ2) is 8.78. The molecule has 0 bridgehead atoms. The Bertz CT molecular complexity index is 1010. The molecule has 30 heavy (non-hydrogen) atoms. The van der Waals surface area contributed by atoms with Crippen LogP contribution in [0.15, 0.2) is 38.6 Å². The van der Waals surface area contributed by atoms with Crippen molar-refractivity contribution in [2.24, 2.45) is 0 Å². The van der Waals surface area contributed by atoms with Gasteiger partial charge in [-0.1, -0.05) is 0 Å². The Morgan fingerprint density at radius 2 is 1.97 bits per heavy atom. The number of carbonyl (C=O) groups excluding carboxylic acids is 3. The van der Waals surface area contributed by atoms with E-state index in [4.69, 9.17) is 4.74 Å². The number of carbonyl (C=O) groups is 3. The van der Waals surface area contributed by atoms with Crippen molar-refractivity contribution in [3.05, 3.63) is 43.5 Å². The van der Waals surface area contributed by atoms with Crippen LogP contribution in [-0.4, -0.2) is 43.0 Å². The summed E-state index contributed by atoms with van der Waals surface area (Å²) in [4.78, 5) is 39.9. The second-order valence-electron chi connectivity index (χ2n) is 7.21. The molecule has 4 rings (SSSR count). The molecule has 0 unspecified atom stereocenters. The van der Waals surface area contributed by atoms with Gasteiger partial charge in [0.1, 0.15) is 12.1 Å². The molecule has 1 saturated carbocycles. The molecule has 1 saturated heterocycles. The lowest BCUT2D eigenvalue weighted by Crippen LogP contribution is -2.61. The van der Waals surface area contributed by atoms with E-state index in [0.29, 0.717) is 41.0 Å². The van der Waals surface area contributed by atoms with E-state index < -0.39 is 5.54 Å². The molecule has 1 aromatic heterocycles. The fourth-order valence-electron chi connectivity index (χ4n) is 3.48. The second-order valence-corrected chi connectivity index (χ2v) is 10.5. The van der Waals surface area contributed by atoms with Gasteiger partial charge < -0.3 is 20.3 Å². The topological polar surface area (TPSA) is 87.7 Å². The van der Waals surface area contributed by atoms with Gasteiger partial charge in [-0.05, 0) is 81.5 Å². The maximum atomic E-state index is 13.0. The first kappa shape index (κ1) is 21.5. The van der Waals surface area contributed by atoms with Gasteiger partial charge in [-0.15, -0.1) is 11.3 Å². The highest BCUT2D eigenvalue weighted by Crippen LogP contribution is 2.35. The molecule has 0 radical (unpaired) electrons. The number of hydrogen-bond donors (Lipinski definition) is 2. The molecule has 2 fully saturated rings. The molecule has 158 valence electrons. The molecular weight excluding hydrogens is 538 g/mol. The minimum Gasteiger partial charge on any atom is -0.370 e. The number of hydrogen-bond acceptors (Lipinski definition) is 5. The molecule has 2 N–H and O–H groups in total. The Labute approximate surface area is 194 Å². The molecule has 1 aliphatic heterocycles. The predicted octanol–water partition coefficient (Wildman–Crippen LogP) is 3.93. The van der Waals surface area contributed by atoms with E-state index in [-0.39, 0.29) is 24.3 Å². The molecule has 7 nitrogen and oxygen atoms in total. The number of halogens is 2. The number of nitrogens with zero attached hydrogens (tertiary/aromatic N) is 1. The maximum Gasteiger partial charge on any atom is 0.262 e. The molecule has 3 amide bonds. The Morgan fingerprint density at radius 3 is 2.57 bits per heavy atom. The quantitative estimate of drug-likeness (QED) is 0.584. The molecule has 1 aliphatic carbocycles. The van der Waals surface area contributed by atoms with Crippen LogP contribution in [0.1, 0.15) is 28.9 Å². The van der Waals surface area contributed by atoms with Crippen molar-refractivity contribution in [3.8, 4) is 0 Å². The van der Waals surface area contributed by atoms with E-state index >= 15 is 0 Å². The number of rotatable bonds is 5. The van der Waals surface area contributed by atoms with Gasteiger partial charge in [-0.25, -0.2) is 0 Å². The number of amides is 3. The van der Waals surface area contributed by atoms with Crippen molar-refractivity contribution in [1.29, 1.82) is 0 Å². The molecule has 1 aromatic carbocycles. The van der Waals surface area contributed by atoms with Crippen LogP contribution < -0.4 is 15.5 Å². The van der Waals surface area contributed by atoms with Crippen LogP contribution in [0.3, 0.4) is 0 Å². The highest BCUT2D eigenvalue weighted by molar-refractivity contribution is 9.11. The minimum atomic E-state index is -0.904. The molecule has 2 aliphatic rings. The Kier molecular flexibility index (Phi) is 6.29. The van der Waals surface area contributed by atoms with E-state index in [1.165, 1.54) is 11.3 Å². The number of anilines is 2. The van der Waals surface area contributed by atoms with Crippen LogP contribution in [0, 0.1) is 0 Å². The zero-order valence-corrected chi connectivity index (χ0v) is 19.9. The molecule has 10 heteroatoms. The predicted molar refractivity (Wildman–Crippen MR) is 122 cm³/mol. The first-order chi connectivity index (χ1) is 14.4. The lowest BCUT2D eigenvalue weighted by Gasteiger charge is -2.40. The van der Waals surface area contributed by atoms with Gasteiger partial charge in [0.25, 0.3) is 11.8 Å². The van der Waals surface area contributed by atoms with E-state index in [9.17, 15) is 14.4 Å². The monoisotopic (exact) mass is 555 g/mol. The Hall–Kier alpha value is -1.75. The lowest BCUT2D eigenvalue weighted by atomic mass is 9.75. The lowest BCUT2D eigenvalue weighted by molar-refractivity contribution is -0.126. The van der Waals surface area contributed by atoms with Crippen molar-refractivity contribution < 1.29 is 19.1 Å². The van der Waals surface area contributed by atoms with E-state index in [1.54, 1.807) is 29.2 Å². The number of nitrogens with one attached hydrogen (secondary N) is 2. The summed E-state index contributed by atoms with van der Waals surface area (Å²) >= 11 is 8.18. The summed E-state index contributed by atoms with van der Waals surface area (Å²) < 4.78 is 6.73. The van der Waals surface area contributed by atoms with Crippen molar-refractivity contribution in [3.63, 3.8) is 0 Å². The highest BCUT2D eigenvalue weighted by atomic mass is 79.9. The number of thiophene rings is 1. The average molecular weight is 557 g/mol. The summed E-state index contributed by atoms with van der Waals surface area (Å²) in [6, 6.07) is 8.85. The third kappa shape index (κ3) is 4.32. The zero-order chi connectivity index (χ0) is 21.3. The number of benzene rings is 1. The minimum absolute atomic E-state index is 0.0634. The van der Waals surface area contributed by atoms with E-state index in [1.807, 2.05) is 6.07 Å². The van der Waals surface area contributed by atoms with Crippen LogP contribution in [0.2, 0.25) is 0 Å². The van der Waals surface area contributed by atoms with E-state index in [0.717, 1.165) is 15.9 Å². The van der Waals surface area contributed by atoms with Crippen molar-refractivity contribution in [2.75, 3.05) is 30.0 Å². The van der Waals surface area contributed by atoms with Gasteiger partial charge in [0.05, 0.1) is 21.0 Å². The third-order valence-electron chi connectivity index (χ3n) is 5.27. The summed E-state index contributed by atoms with van der Waals surface area (Å²) in [6.07, 6.45) is 2.07. The van der Waals surface area contributed by atoms with Gasteiger partial charge in [-0.2, -0.15) is 0 Å². The van der Waals surface area contributed by atoms with Gasteiger partial charge >= 0.3 is 0 Å². The summed E-state index contributed by atoms with van der Waals surface area (Å²) in [5.41, 5.74) is 0.422. The SMILES string of the molecule is O=C(NC1(C(=O)Nc2ccc(N3CCOCC3=O)c(Br)c2)CCC1)c1ccc(Br)s1. The highest BCUT2D eigenvalue weighted by Gasteiger charge is 2.45. The molecule has 2 heterocycles. The summed E-state index contributed by atoms with van der Waals surface area (Å²) in [5, 5.41) is 5.83. The van der Waals surface area contributed by atoms with Crippen LogP contribution in [-0.2, 0) is 14.3 Å². The normalized spacial score (nSPS) is 17.9. The molecule has 0 atom stereocenters.